The lowest BCUT2D eigenvalue weighted by atomic mass is 10.0. The summed E-state index contributed by atoms with van der Waals surface area (Å²) in [5.74, 6) is 0.0566. The average Bonchev–Trinajstić information content (AvgIpc) is 2.48. The fraction of sp³-hybridized carbons (Fsp3) is 0.529. The molecule has 1 aliphatic heterocycles. The molecule has 0 radical (unpaired) electrons. The highest BCUT2D eigenvalue weighted by Gasteiger charge is 2.31. The number of piperazine rings is 1. The minimum atomic E-state index is -0.853. The van der Waals surface area contributed by atoms with E-state index in [1.54, 1.807) is 18.7 Å². The fourth-order valence-electron chi connectivity index (χ4n) is 2.56. The van der Waals surface area contributed by atoms with Gasteiger partial charge in [0, 0.05) is 26.2 Å². The maximum Gasteiger partial charge on any atom is 0.242 e. The molecule has 5 nitrogen and oxygen atoms in total. The molecule has 0 unspecified atom stereocenters. The molecular formula is C17H25N3O2. The number of hydrogen-bond acceptors (Lipinski definition) is 3. The summed E-state index contributed by atoms with van der Waals surface area (Å²) in [6.45, 7) is 7.71. The van der Waals surface area contributed by atoms with Gasteiger partial charge in [0.05, 0.1) is 12.0 Å². The lowest BCUT2D eigenvalue weighted by Crippen LogP contribution is -2.57. The van der Waals surface area contributed by atoms with Crippen molar-refractivity contribution < 1.29 is 9.59 Å². The first kappa shape index (κ1) is 16.5. The van der Waals surface area contributed by atoms with Crippen molar-refractivity contribution in [3.63, 3.8) is 0 Å². The van der Waals surface area contributed by atoms with E-state index in [0.717, 1.165) is 5.56 Å². The number of carbonyl (C=O) groups excluding carboxylic acids is 2. The normalized spacial score (nSPS) is 15.8. The predicted molar refractivity (Wildman–Crippen MR) is 86.3 cm³/mol. The minimum Gasteiger partial charge on any atom is -0.339 e. The maximum absolute atomic E-state index is 12.3. The third-order valence-corrected chi connectivity index (χ3v) is 3.95. The zero-order valence-corrected chi connectivity index (χ0v) is 13.6. The molecule has 1 fully saturated rings. The van der Waals surface area contributed by atoms with E-state index in [1.165, 1.54) is 5.56 Å². The molecule has 1 saturated heterocycles. The number of aryl methyl sites for hydroxylation is 1. The van der Waals surface area contributed by atoms with Gasteiger partial charge in [0.25, 0.3) is 0 Å². The van der Waals surface area contributed by atoms with Crippen molar-refractivity contribution in [2.75, 3.05) is 26.2 Å². The van der Waals surface area contributed by atoms with Crippen molar-refractivity contribution >= 4 is 11.8 Å². The molecule has 1 heterocycles. The Morgan fingerprint density at radius 1 is 1.05 bits per heavy atom. The largest absolute Gasteiger partial charge is 0.339 e. The second-order valence-corrected chi connectivity index (χ2v) is 6.56. The third kappa shape index (κ3) is 4.07. The Morgan fingerprint density at radius 2 is 1.55 bits per heavy atom. The number of rotatable bonds is 3. The minimum absolute atomic E-state index is 0.0573. The van der Waals surface area contributed by atoms with Crippen LogP contribution >= 0.6 is 0 Å². The number of amides is 2. The molecule has 1 aliphatic rings. The Morgan fingerprint density at radius 3 is 2.05 bits per heavy atom. The monoisotopic (exact) mass is 303 g/mol. The van der Waals surface area contributed by atoms with Gasteiger partial charge in [-0.3, -0.25) is 9.59 Å². The van der Waals surface area contributed by atoms with E-state index in [2.05, 4.69) is 0 Å². The first-order valence-corrected chi connectivity index (χ1v) is 7.69. The van der Waals surface area contributed by atoms with Crippen LogP contribution in [-0.2, 0) is 16.0 Å². The Balaban J connectivity index is 1.87. The molecule has 0 aliphatic carbocycles. The molecule has 2 N–H and O–H groups in total. The average molecular weight is 303 g/mol. The van der Waals surface area contributed by atoms with Gasteiger partial charge in [0.1, 0.15) is 0 Å². The van der Waals surface area contributed by atoms with Crippen molar-refractivity contribution in [1.29, 1.82) is 0 Å². The molecule has 2 amide bonds. The van der Waals surface area contributed by atoms with Gasteiger partial charge in [0.15, 0.2) is 0 Å². The molecule has 0 aromatic heterocycles. The summed E-state index contributed by atoms with van der Waals surface area (Å²) >= 11 is 0. The van der Waals surface area contributed by atoms with Crippen LogP contribution < -0.4 is 5.73 Å². The highest BCUT2D eigenvalue weighted by Crippen LogP contribution is 2.11. The van der Waals surface area contributed by atoms with Crippen molar-refractivity contribution in [3.8, 4) is 0 Å². The molecule has 0 bridgehead atoms. The number of benzene rings is 1. The van der Waals surface area contributed by atoms with Crippen LogP contribution in [0.2, 0.25) is 0 Å². The van der Waals surface area contributed by atoms with E-state index in [-0.39, 0.29) is 11.8 Å². The zero-order chi connectivity index (χ0) is 16.3. The van der Waals surface area contributed by atoms with E-state index < -0.39 is 5.54 Å². The summed E-state index contributed by atoms with van der Waals surface area (Å²) < 4.78 is 0. The van der Waals surface area contributed by atoms with Crippen LogP contribution in [-0.4, -0.2) is 53.3 Å². The van der Waals surface area contributed by atoms with Crippen molar-refractivity contribution in [2.24, 2.45) is 5.73 Å². The number of hydrogen-bond donors (Lipinski definition) is 1. The molecular weight excluding hydrogens is 278 g/mol. The number of carbonyl (C=O) groups is 2. The van der Waals surface area contributed by atoms with Gasteiger partial charge in [-0.15, -0.1) is 0 Å². The van der Waals surface area contributed by atoms with Gasteiger partial charge < -0.3 is 15.5 Å². The highest BCUT2D eigenvalue weighted by atomic mass is 16.2. The van der Waals surface area contributed by atoms with Crippen LogP contribution in [0, 0.1) is 6.92 Å². The van der Waals surface area contributed by atoms with E-state index in [1.807, 2.05) is 36.1 Å². The van der Waals surface area contributed by atoms with Gasteiger partial charge >= 0.3 is 0 Å². The van der Waals surface area contributed by atoms with Crippen LogP contribution in [0.3, 0.4) is 0 Å². The van der Waals surface area contributed by atoms with Gasteiger partial charge in [0.2, 0.25) is 11.8 Å². The van der Waals surface area contributed by atoms with Crippen molar-refractivity contribution in [2.45, 2.75) is 32.7 Å². The Kier molecular flexibility index (Phi) is 4.86. The Bertz CT molecular complexity index is 538. The standard InChI is InChI=1S/C17H25N3O2/c1-13-4-6-14(7-5-13)12-15(21)19-8-10-20(11-9-19)16(22)17(2,3)18/h4-7H,8-12,18H2,1-3H3. The van der Waals surface area contributed by atoms with Crippen LogP contribution in [0.25, 0.3) is 0 Å². The predicted octanol–water partition coefficient (Wildman–Crippen LogP) is 0.946. The quantitative estimate of drug-likeness (QED) is 0.904. The van der Waals surface area contributed by atoms with Crippen LogP contribution in [0.4, 0.5) is 0 Å². The van der Waals surface area contributed by atoms with Crippen LogP contribution in [0.15, 0.2) is 24.3 Å². The number of nitrogens with two attached hydrogens (primary N) is 1. The van der Waals surface area contributed by atoms with Crippen LogP contribution in [0.1, 0.15) is 25.0 Å². The van der Waals surface area contributed by atoms with Crippen molar-refractivity contribution in [1.82, 2.24) is 9.80 Å². The summed E-state index contributed by atoms with van der Waals surface area (Å²) in [6.07, 6.45) is 0.413. The summed E-state index contributed by atoms with van der Waals surface area (Å²) in [5.41, 5.74) is 7.21. The molecule has 22 heavy (non-hydrogen) atoms. The van der Waals surface area contributed by atoms with Gasteiger partial charge in [-0.05, 0) is 26.3 Å². The number of nitrogens with zero attached hydrogens (tertiary/aromatic N) is 2. The second-order valence-electron chi connectivity index (χ2n) is 6.56. The zero-order valence-electron chi connectivity index (χ0n) is 13.6. The van der Waals surface area contributed by atoms with Crippen molar-refractivity contribution in [3.05, 3.63) is 35.4 Å². The maximum atomic E-state index is 12.3. The smallest absolute Gasteiger partial charge is 0.242 e. The van der Waals surface area contributed by atoms with Gasteiger partial charge in [-0.25, -0.2) is 0 Å². The van der Waals surface area contributed by atoms with E-state index in [0.29, 0.717) is 32.6 Å². The Hall–Kier alpha value is -1.88. The fourth-order valence-corrected chi connectivity index (χ4v) is 2.56. The van der Waals surface area contributed by atoms with E-state index >= 15 is 0 Å². The van der Waals surface area contributed by atoms with Gasteiger partial charge in [-0.1, -0.05) is 29.8 Å². The molecule has 1 aromatic rings. The topological polar surface area (TPSA) is 66.6 Å². The molecule has 0 saturated carbocycles. The Labute approximate surface area is 132 Å². The third-order valence-electron chi connectivity index (χ3n) is 3.95. The molecule has 2 rings (SSSR count). The second kappa shape index (κ2) is 6.48. The SMILES string of the molecule is Cc1ccc(CC(=O)N2CCN(C(=O)C(C)(C)N)CC2)cc1. The summed E-state index contributed by atoms with van der Waals surface area (Å²) in [6, 6.07) is 8.01. The van der Waals surface area contributed by atoms with Gasteiger partial charge in [-0.2, -0.15) is 0 Å². The molecule has 0 atom stereocenters. The van der Waals surface area contributed by atoms with E-state index in [4.69, 9.17) is 5.73 Å². The molecule has 0 spiro atoms. The van der Waals surface area contributed by atoms with Crippen LogP contribution in [0.5, 0.6) is 0 Å². The lowest BCUT2D eigenvalue weighted by molar-refractivity contribution is -0.142. The molecule has 120 valence electrons. The lowest BCUT2D eigenvalue weighted by Gasteiger charge is -2.37. The summed E-state index contributed by atoms with van der Waals surface area (Å²) in [4.78, 5) is 28.0. The first-order valence-electron chi connectivity index (χ1n) is 7.69. The highest BCUT2D eigenvalue weighted by molar-refractivity contribution is 5.85. The first-order chi connectivity index (χ1) is 10.3. The van der Waals surface area contributed by atoms with E-state index in [9.17, 15) is 9.59 Å². The molecule has 1 aromatic carbocycles. The summed E-state index contributed by atoms with van der Waals surface area (Å²) in [5, 5.41) is 0. The summed E-state index contributed by atoms with van der Waals surface area (Å²) in [7, 11) is 0. The molecule has 5 heteroatoms.